The Morgan fingerprint density at radius 2 is 1.92 bits per heavy atom. The third-order valence-electron chi connectivity index (χ3n) is 6.08. The van der Waals surface area contributed by atoms with Crippen molar-refractivity contribution in [2.24, 2.45) is 0 Å². The molecule has 3 aromatic rings. The van der Waals surface area contributed by atoms with Gasteiger partial charge in [-0.1, -0.05) is 48.0 Å². The van der Waals surface area contributed by atoms with E-state index in [9.17, 15) is 14.4 Å². The first kappa shape index (κ1) is 26.9. The molecule has 0 radical (unpaired) electrons. The minimum Gasteiger partial charge on any atom is -0.491 e. The Morgan fingerprint density at radius 1 is 1.19 bits per heavy atom. The van der Waals surface area contributed by atoms with Crippen LogP contribution in [0.25, 0.3) is 16.6 Å². The van der Waals surface area contributed by atoms with Gasteiger partial charge in [-0.15, -0.1) is 0 Å². The van der Waals surface area contributed by atoms with Gasteiger partial charge in [0, 0.05) is 24.1 Å². The minimum atomic E-state index is -0.575. The summed E-state index contributed by atoms with van der Waals surface area (Å²) < 4.78 is 13.8. The van der Waals surface area contributed by atoms with Crippen molar-refractivity contribution in [3.8, 4) is 11.4 Å². The summed E-state index contributed by atoms with van der Waals surface area (Å²) in [5, 5.41) is 3.63. The van der Waals surface area contributed by atoms with Crippen molar-refractivity contribution in [3.63, 3.8) is 0 Å². The second-order valence-electron chi connectivity index (χ2n) is 10.5. The lowest BCUT2D eigenvalue weighted by Gasteiger charge is -2.34. The molecule has 1 atom stereocenters. The lowest BCUT2D eigenvalue weighted by Crippen LogP contribution is -2.55. The lowest BCUT2D eigenvalue weighted by atomic mass is 10.0. The van der Waals surface area contributed by atoms with E-state index in [4.69, 9.17) is 9.47 Å². The lowest BCUT2D eigenvalue weighted by molar-refractivity contribution is 0.0178. The molecule has 198 valence electrons. The number of nitrogens with one attached hydrogen (secondary N) is 2. The third kappa shape index (κ3) is 6.07. The number of fused-ring (bicyclic) bond motifs is 1. The Hall–Kier alpha value is -3.11. The van der Waals surface area contributed by atoms with Gasteiger partial charge in [0.1, 0.15) is 23.3 Å². The molecule has 1 aliphatic heterocycles. The molecular formula is C27H33BrN4O5. The molecular weight excluding hydrogens is 540 g/mol. The summed E-state index contributed by atoms with van der Waals surface area (Å²) in [5.41, 5.74) is 0.514. The molecule has 0 bridgehead atoms. The second kappa shape index (κ2) is 10.7. The standard InChI is InChI=1S/C27H33BrN4O5/c1-16(2)19-8-6-7-9-20(19)32-21-12-17(28)13-22(23(21)24(33)30-25(32)34)36-15-18-14-31(11-10-29-18)26(35)37-27(3,4)5/h6-9,12-13,16,18,29H,10-11,14-15H2,1-5H3,(H,30,33,34)/t18-/m0/s1. The summed E-state index contributed by atoms with van der Waals surface area (Å²) in [5.74, 6) is 0.510. The fourth-order valence-electron chi connectivity index (χ4n) is 4.45. The number of carbonyl (C=O) groups excluding carboxylic acids is 1. The topological polar surface area (TPSA) is 106 Å². The molecule has 37 heavy (non-hydrogen) atoms. The molecule has 9 nitrogen and oxygen atoms in total. The molecule has 2 heterocycles. The van der Waals surface area contributed by atoms with E-state index in [0.717, 1.165) is 5.56 Å². The Kier molecular flexibility index (Phi) is 7.80. The highest BCUT2D eigenvalue weighted by Crippen LogP contribution is 2.30. The van der Waals surface area contributed by atoms with E-state index in [-0.39, 0.29) is 30.0 Å². The molecule has 0 spiro atoms. The quantitative estimate of drug-likeness (QED) is 0.475. The molecule has 1 amide bonds. The first-order valence-corrected chi connectivity index (χ1v) is 13.2. The van der Waals surface area contributed by atoms with Crippen molar-refractivity contribution in [2.45, 2.75) is 52.2 Å². The zero-order valence-electron chi connectivity index (χ0n) is 21.8. The van der Waals surface area contributed by atoms with Crippen molar-refractivity contribution in [1.29, 1.82) is 0 Å². The van der Waals surface area contributed by atoms with Gasteiger partial charge in [0.15, 0.2) is 0 Å². The predicted octanol–water partition coefficient (Wildman–Crippen LogP) is 4.15. The van der Waals surface area contributed by atoms with E-state index in [1.807, 2.05) is 45.0 Å². The number of aromatic nitrogens is 2. The summed E-state index contributed by atoms with van der Waals surface area (Å²) in [6.07, 6.45) is -0.365. The average Bonchev–Trinajstić information content (AvgIpc) is 2.81. The third-order valence-corrected chi connectivity index (χ3v) is 6.54. The number of para-hydroxylation sites is 1. The Labute approximate surface area is 223 Å². The van der Waals surface area contributed by atoms with Crippen LogP contribution >= 0.6 is 15.9 Å². The van der Waals surface area contributed by atoms with Crippen molar-refractivity contribution in [1.82, 2.24) is 19.8 Å². The number of benzene rings is 2. The number of amides is 1. The Bertz CT molecular complexity index is 1420. The van der Waals surface area contributed by atoms with Crippen molar-refractivity contribution in [2.75, 3.05) is 26.2 Å². The van der Waals surface area contributed by atoms with Crippen LogP contribution in [0.2, 0.25) is 0 Å². The van der Waals surface area contributed by atoms with Gasteiger partial charge in [0.25, 0.3) is 5.56 Å². The fourth-order valence-corrected chi connectivity index (χ4v) is 4.87. The van der Waals surface area contributed by atoms with Crippen LogP contribution in [0.15, 0.2) is 50.5 Å². The normalized spacial score (nSPS) is 16.3. The van der Waals surface area contributed by atoms with Crippen LogP contribution in [0.5, 0.6) is 5.75 Å². The molecule has 0 aliphatic carbocycles. The number of H-pyrrole nitrogens is 1. The van der Waals surface area contributed by atoms with E-state index < -0.39 is 16.9 Å². The predicted molar refractivity (Wildman–Crippen MR) is 147 cm³/mol. The summed E-state index contributed by atoms with van der Waals surface area (Å²) in [7, 11) is 0. The molecule has 2 N–H and O–H groups in total. The molecule has 4 rings (SSSR count). The average molecular weight is 573 g/mol. The highest BCUT2D eigenvalue weighted by Gasteiger charge is 2.28. The number of aromatic amines is 1. The SMILES string of the molecule is CC(C)c1ccccc1-n1c(=O)[nH]c(=O)c2c(OC[C@@H]3CN(C(=O)OC(C)(C)C)CCN3)cc(Br)cc21. The van der Waals surface area contributed by atoms with Crippen molar-refractivity contribution < 1.29 is 14.3 Å². The number of carbonyl (C=O) groups is 1. The number of hydrogen-bond acceptors (Lipinski definition) is 6. The first-order chi connectivity index (χ1) is 17.4. The van der Waals surface area contributed by atoms with Gasteiger partial charge in [0.2, 0.25) is 0 Å². The molecule has 1 aliphatic rings. The number of rotatable bonds is 5. The van der Waals surface area contributed by atoms with Crippen LogP contribution in [-0.4, -0.2) is 58.4 Å². The van der Waals surface area contributed by atoms with Crippen LogP contribution in [0, 0.1) is 0 Å². The fraction of sp³-hybridized carbons (Fsp3) is 0.444. The van der Waals surface area contributed by atoms with Gasteiger partial charge in [-0.05, 0) is 50.5 Å². The molecule has 0 saturated carbocycles. The summed E-state index contributed by atoms with van der Waals surface area (Å²) >= 11 is 3.52. The van der Waals surface area contributed by atoms with E-state index in [0.29, 0.717) is 41.1 Å². The molecule has 10 heteroatoms. The van der Waals surface area contributed by atoms with Gasteiger partial charge < -0.3 is 19.7 Å². The summed E-state index contributed by atoms with van der Waals surface area (Å²) in [6, 6.07) is 10.9. The highest BCUT2D eigenvalue weighted by atomic mass is 79.9. The van der Waals surface area contributed by atoms with Gasteiger partial charge in [-0.3, -0.25) is 14.3 Å². The Morgan fingerprint density at radius 3 is 2.62 bits per heavy atom. The monoisotopic (exact) mass is 572 g/mol. The van der Waals surface area contributed by atoms with Crippen LogP contribution < -0.4 is 21.3 Å². The number of piperazine rings is 1. The van der Waals surface area contributed by atoms with Gasteiger partial charge in [-0.2, -0.15) is 0 Å². The maximum atomic E-state index is 13.0. The highest BCUT2D eigenvalue weighted by molar-refractivity contribution is 9.10. The van der Waals surface area contributed by atoms with E-state index in [1.165, 1.54) is 4.57 Å². The maximum absolute atomic E-state index is 13.0. The van der Waals surface area contributed by atoms with Crippen LogP contribution in [0.4, 0.5) is 4.79 Å². The first-order valence-electron chi connectivity index (χ1n) is 12.4. The van der Waals surface area contributed by atoms with Gasteiger partial charge in [-0.25, -0.2) is 9.59 Å². The molecule has 0 unspecified atom stereocenters. The maximum Gasteiger partial charge on any atom is 0.410 e. The van der Waals surface area contributed by atoms with Gasteiger partial charge >= 0.3 is 11.8 Å². The van der Waals surface area contributed by atoms with E-state index in [1.54, 1.807) is 17.0 Å². The van der Waals surface area contributed by atoms with Gasteiger partial charge in [0.05, 0.1) is 17.2 Å². The molecule has 1 aromatic heterocycles. The largest absolute Gasteiger partial charge is 0.491 e. The number of nitrogens with zero attached hydrogens (tertiary/aromatic N) is 2. The summed E-state index contributed by atoms with van der Waals surface area (Å²) in [4.78, 5) is 42.7. The van der Waals surface area contributed by atoms with Crippen LogP contribution in [0.1, 0.15) is 46.1 Å². The second-order valence-corrected chi connectivity index (χ2v) is 11.4. The van der Waals surface area contributed by atoms with Crippen LogP contribution in [0.3, 0.4) is 0 Å². The number of halogens is 1. The minimum absolute atomic E-state index is 0.165. The smallest absolute Gasteiger partial charge is 0.410 e. The van der Waals surface area contributed by atoms with E-state index >= 15 is 0 Å². The zero-order valence-corrected chi connectivity index (χ0v) is 23.3. The number of ether oxygens (including phenoxy) is 2. The molecule has 1 fully saturated rings. The Balaban J connectivity index is 1.67. The molecule has 2 aromatic carbocycles. The van der Waals surface area contributed by atoms with Crippen LogP contribution in [-0.2, 0) is 4.74 Å². The summed E-state index contributed by atoms with van der Waals surface area (Å²) in [6.45, 7) is 11.4. The molecule has 1 saturated heterocycles. The van der Waals surface area contributed by atoms with Crippen molar-refractivity contribution >= 4 is 32.9 Å². The number of hydrogen-bond donors (Lipinski definition) is 2. The van der Waals surface area contributed by atoms with Crippen molar-refractivity contribution in [3.05, 3.63) is 67.3 Å². The van der Waals surface area contributed by atoms with E-state index in [2.05, 4.69) is 40.1 Å². The zero-order chi connectivity index (χ0) is 26.9.